The van der Waals surface area contributed by atoms with E-state index in [1.54, 1.807) is 42.5 Å². The number of nitrogens with one attached hydrogen (secondary N) is 1. The minimum Gasteiger partial charge on any atom is -0.497 e. The van der Waals surface area contributed by atoms with E-state index in [2.05, 4.69) is 5.32 Å². The highest BCUT2D eigenvalue weighted by Gasteiger charge is 2.36. The SMILES string of the molecule is COc1ccc(C=C(NC(=O)C=Cc2ccccc2)C(=O)OCN2C(=O)c3ccccc3C2=O)cc1. The molecule has 4 rings (SSSR count). The fourth-order valence-corrected chi connectivity index (χ4v) is 3.48. The maximum Gasteiger partial charge on any atom is 0.356 e. The lowest BCUT2D eigenvalue weighted by atomic mass is 10.1. The van der Waals surface area contributed by atoms with E-state index < -0.39 is 30.4 Å². The van der Waals surface area contributed by atoms with Gasteiger partial charge in [-0.05, 0) is 47.5 Å². The smallest absolute Gasteiger partial charge is 0.356 e. The van der Waals surface area contributed by atoms with Gasteiger partial charge in [-0.2, -0.15) is 0 Å². The highest BCUT2D eigenvalue weighted by Crippen LogP contribution is 2.22. The molecule has 0 saturated heterocycles. The van der Waals surface area contributed by atoms with Gasteiger partial charge in [0.15, 0.2) is 6.73 Å². The van der Waals surface area contributed by atoms with Gasteiger partial charge < -0.3 is 14.8 Å². The first-order chi connectivity index (χ1) is 17.5. The van der Waals surface area contributed by atoms with Crippen LogP contribution in [0, 0.1) is 0 Å². The van der Waals surface area contributed by atoms with Crippen LogP contribution in [0.4, 0.5) is 0 Å². The summed E-state index contributed by atoms with van der Waals surface area (Å²) in [7, 11) is 1.53. The standard InChI is InChI=1S/C28H22N2O6/c1-35-21-14-11-20(12-15-21)17-24(29-25(31)16-13-19-7-3-2-4-8-19)28(34)36-18-30-26(32)22-9-5-6-10-23(22)27(30)33/h2-17H,18H2,1H3,(H,29,31). The Balaban J connectivity index is 1.50. The molecule has 1 aliphatic heterocycles. The molecule has 0 unspecified atom stereocenters. The lowest BCUT2D eigenvalue weighted by Crippen LogP contribution is -2.35. The number of hydrogen-bond donors (Lipinski definition) is 1. The Morgan fingerprint density at radius 1 is 0.833 bits per heavy atom. The first kappa shape index (κ1) is 24.2. The number of imide groups is 1. The van der Waals surface area contributed by atoms with Gasteiger partial charge in [0.1, 0.15) is 11.4 Å². The van der Waals surface area contributed by atoms with Crippen molar-refractivity contribution < 1.29 is 28.7 Å². The Labute approximate surface area is 207 Å². The van der Waals surface area contributed by atoms with Crippen molar-refractivity contribution in [3.05, 3.63) is 113 Å². The number of rotatable bonds is 8. The van der Waals surface area contributed by atoms with Gasteiger partial charge in [0, 0.05) is 6.08 Å². The van der Waals surface area contributed by atoms with Crippen LogP contribution in [-0.4, -0.2) is 42.4 Å². The van der Waals surface area contributed by atoms with Gasteiger partial charge in [-0.25, -0.2) is 9.69 Å². The van der Waals surface area contributed by atoms with E-state index >= 15 is 0 Å². The summed E-state index contributed by atoms with van der Waals surface area (Å²) in [5, 5.41) is 2.52. The summed E-state index contributed by atoms with van der Waals surface area (Å²) in [5.41, 5.74) is 1.72. The lowest BCUT2D eigenvalue weighted by Gasteiger charge is -2.15. The highest BCUT2D eigenvalue weighted by molar-refractivity contribution is 6.21. The van der Waals surface area contributed by atoms with Gasteiger partial charge >= 0.3 is 5.97 Å². The summed E-state index contributed by atoms with van der Waals surface area (Å²) in [6.45, 7) is -0.596. The van der Waals surface area contributed by atoms with Crippen molar-refractivity contribution in [2.45, 2.75) is 0 Å². The van der Waals surface area contributed by atoms with E-state index in [-0.39, 0.29) is 16.8 Å². The summed E-state index contributed by atoms with van der Waals surface area (Å²) in [5.74, 6) is -1.96. The molecule has 1 heterocycles. The molecule has 0 radical (unpaired) electrons. The maximum absolute atomic E-state index is 12.9. The van der Waals surface area contributed by atoms with Crippen molar-refractivity contribution in [1.82, 2.24) is 10.2 Å². The molecule has 180 valence electrons. The number of methoxy groups -OCH3 is 1. The topological polar surface area (TPSA) is 102 Å². The zero-order valence-electron chi connectivity index (χ0n) is 19.3. The molecule has 8 nitrogen and oxygen atoms in total. The highest BCUT2D eigenvalue weighted by atomic mass is 16.5. The summed E-state index contributed by atoms with van der Waals surface area (Å²) < 4.78 is 10.4. The predicted octanol–water partition coefficient (Wildman–Crippen LogP) is 3.66. The quantitative estimate of drug-likeness (QED) is 0.299. The number of carbonyl (C=O) groups is 4. The summed E-state index contributed by atoms with van der Waals surface area (Å²) in [6, 6.07) is 22.3. The molecular weight excluding hydrogens is 460 g/mol. The minimum absolute atomic E-state index is 0.167. The van der Waals surface area contributed by atoms with Crippen molar-refractivity contribution >= 4 is 35.8 Å². The third-order valence-corrected chi connectivity index (χ3v) is 5.33. The molecule has 1 N–H and O–H groups in total. The molecule has 1 aliphatic rings. The third-order valence-electron chi connectivity index (χ3n) is 5.33. The third kappa shape index (κ3) is 5.56. The predicted molar refractivity (Wildman–Crippen MR) is 132 cm³/mol. The molecule has 0 saturated carbocycles. The molecule has 0 fully saturated rings. The number of nitrogens with zero attached hydrogens (tertiary/aromatic N) is 1. The average molecular weight is 482 g/mol. The molecule has 8 heteroatoms. The number of ether oxygens (including phenoxy) is 2. The number of fused-ring (bicyclic) bond motifs is 1. The number of carbonyl (C=O) groups excluding carboxylic acids is 4. The van der Waals surface area contributed by atoms with Gasteiger partial charge in [0.2, 0.25) is 5.91 Å². The monoisotopic (exact) mass is 482 g/mol. The summed E-state index contributed by atoms with van der Waals surface area (Å²) in [4.78, 5) is 51.4. The Bertz CT molecular complexity index is 1330. The summed E-state index contributed by atoms with van der Waals surface area (Å²) >= 11 is 0. The number of esters is 1. The lowest BCUT2D eigenvalue weighted by molar-refractivity contribution is -0.142. The van der Waals surface area contributed by atoms with E-state index in [1.165, 1.54) is 31.4 Å². The van der Waals surface area contributed by atoms with Crippen LogP contribution in [-0.2, 0) is 14.3 Å². The van der Waals surface area contributed by atoms with Crippen molar-refractivity contribution in [2.24, 2.45) is 0 Å². The zero-order chi connectivity index (χ0) is 25.5. The van der Waals surface area contributed by atoms with E-state index in [0.29, 0.717) is 11.3 Å². The zero-order valence-corrected chi connectivity index (χ0v) is 19.3. The van der Waals surface area contributed by atoms with Crippen LogP contribution in [0.3, 0.4) is 0 Å². The van der Waals surface area contributed by atoms with Crippen molar-refractivity contribution in [2.75, 3.05) is 13.8 Å². The number of benzene rings is 3. The van der Waals surface area contributed by atoms with Crippen LogP contribution in [0.25, 0.3) is 12.2 Å². The summed E-state index contributed by atoms with van der Waals surface area (Å²) in [6.07, 6.45) is 4.32. The molecule has 3 aromatic rings. The molecule has 3 aromatic carbocycles. The second kappa shape index (κ2) is 11.0. The van der Waals surface area contributed by atoms with Gasteiger partial charge in [-0.15, -0.1) is 0 Å². The molecular formula is C28H22N2O6. The normalized spacial score (nSPS) is 13.0. The van der Waals surface area contributed by atoms with Crippen molar-refractivity contribution in [3.8, 4) is 5.75 Å². The van der Waals surface area contributed by atoms with Crippen LogP contribution < -0.4 is 10.1 Å². The van der Waals surface area contributed by atoms with Crippen LogP contribution in [0.2, 0.25) is 0 Å². The van der Waals surface area contributed by atoms with E-state index in [4.69, 9.17) is 9.47 Å². The van der Waals surface area contributed by atoms with Crippen LogP contribution in [0.1, 0.15) is 31.8 Å². The second-order valence-electron chi connectivity index (χ2n) is 7.71. The molecule has 0 aliphatic carbocycles. The van der Waals surface area contributed by atoms with Crippen LogP contribution >= 0.6 is 0 Å². The largest absolute Gasteiger partial charge is 0.497 e. The van der Waals surface area contributed by atoms with Crippen molar-refractivity contribution in [3.63, 3.8) is 0 Å². The maximum atomic E-state index is 12.9. The second-order valence-corrected chi connectivity index (χ2v) is 7.71. The van der Waals surface area contributed by atoms with Gasteiger partial charge in [0.05, 0.1) is 18.2 Å². The van der Waals surface area contributed by atoms with E-state index in [9.17, 15) is 19.2 Å². The van der Waals surface area contributed by atoms with Crippen LogP contribution in [0.5, 0.6) is 5.75 Å². The number of hydrogen-bond acceptors (Lipinski definition) is 6. The molecule has 36 heavy (non-hydrogen) atoms. The minimum atomic E-state index is -0.913. The molecule has 0 bridgehead atoms. The molecule has 3 amide bonds. The van der Waals surface area contributed by atoms with E-state index in [1.807, 2.05) is 30.3 Å². The first-order valence-corrected chi connectivity index (χ1v) is 11.0. The first-order valence-electron chi connectivity index (χ1n) is 11.0. The Hall–Kier alpha value is -4.98. The molecule has 0 spiro atoms. The van der Waals surface area contributed by atoms with Crippen LogP contribution in [0.15, 0.2) is 90.6 Å². The van der Waals surface area contributed by atoms with Gasteiger partial charge in [-0.1, -0.05) is 54.6 Å². The fourth-order valence-electron chi connectivity index (χ4n) is 3.48. The molecule has 0 aromatic heterocycles. The van der Waals surface area contributed by atoms with Crippen molar-refractivity contribution in [1.29, 1.82) is 0 Å². The number of amides is 3. The Morgan fingerprint density at radius 3 is 2.06 bits per heavy atom. The Morgan fingerprint density at radius 2 is 1.44 bits per heavy atom. The van der Waals surface area contributed by atoms with Gasteiger partial charge in [0.25, 0.3) is 11.8 Å². The van der Waals surface area contributed by atoms with Gasteiger partial charge in [-0.3, -0.25) is 14.4 Å². The fraction of sp³-hybridized carbons (Fsp3) is 0.0714. The van der Waals surface area contributed by atoms with E-state index in [0.717, 1.165) is 10.5 Å². The Kier molecular flexibility index (Phi) is 7.36. The molecule has 0 atom stereocenters. The average Bonchev–Trinajstić information content (AvgIpc) is 3.16.